The van der Waals surface area contributed by atoms with Crippen molar-refractivity contribution < 1.29 is 0 Å². The molecule has 0 amide bonds. The average molecular weight is 121 g/mol. The maximum absolute atomic E-state index is 2.12. The molecule has 0 atom stereocenters. The Morgan fingerprint density at radius 1 is 1.00 bits per heavy atom. The first-order chi connectivity index (χ1) is 2.27. The van der Waals surface area contributed by atoms with E-state index in [9.17, 15) is 0 Å². The second-order valence-electron chi connectivity index (χ2n) is 1.40. The molecule has 0 unspecified atom stereocenters. The molecule has 1 heteroatoms. The molecule has 56 valence electrons. The van der Waals surface area contributed by atoms with E-state index in [4.69, 9.17) is 0 Å². The Bertz CT molecular complexity index is 18.3. The van der Waals surface area contributed by atoms with Crippen LogP contribution in [0.5, 0.6) is 0 Å². The second-order valence-corrected chi connectivity index (χ2v) is 1.40. The Kier molecular flexibility index (Phi) is 48.5. The SMILES string of the molecule is C.C.C.CCN(C)C. The topological polar surface area (TPSA) is 3.24 Å². The van der Waals surface area contributed by atoms with Crippen molar-refractivity contribution in [3.63, 3.8) is 0 Å². The molecule has 8 heavy (non-hydrogen) atoms. The number of rotatable bonds is 1. The van der Waals surface area contributed by atoms with Crippen LogP contribution in [0, 0.1) is 0 Å². The lowest BCUT2D eigenvalue weighted by Crippen LogP contribution is -2.08. The van der Waals surface area contributed by atoms with Gasteiger partial charge in [0.15, 0.2) is 0 Å². The van der Waals surface area contributed by atoms with Crippen LogP contribution in [0.1, 0.15) is 29.2 Å². The second kappa shape index (κ2) is 15.8. The molecule has 0 aromatic rings. The maximum atomic E-state index is 2.12. The number of nitrogens with zero attached hydrogens (tertiary/aromatic N) is 1. The van der Waals surface area contributed by atoms with Crippen molar-refractivity contribution in [2.45, 2.75) is 29.2 Å². The first-order valence-electron chi connectivity index (χ1n) is 1.92. The molecule has 0 fully saturated rings. The van der Waals surface area contributed by atoms with Gasteiger partial charge in [0.1, 0.15) is 0 Å². The molecule has 0 N–H and O–H groups in total. The highest BCUT2D eigenvalue weighted by atomic mass is 15.0. The predicted molar refractivity (Wildman–Crippen MR) is 44.4 cm³/mol. The quantitative estimate of drug-likeness (QED) is 0.515. The van der Waals surface area contributed by atoms with Gasteiger partial charge in [-0.3, -0.25) is 0 Å². The zero-order chi connectivity index (χ0) is 4.28. The molecule has 0 aliphatic rings. The van der Waals surface area contributed by atoms with Crippen molar-refractivity contribution in [1.29, 1.82) is 0 Å². The summed E-state index contributed by atoms with van der Waals surface area (Å²) in [5, 5.41) is 0. The largest absolute Gasteiger partial charge is 0.310 e. The van der Waals surface area contributed by atoms with Crippen LogP contribution < -0.4 is 0 Å². The fourth-order valence-corrected chi connectivity index (χ4v) is 0. The lowest BCUT2D eigenvalue weighted by molar-refractivity contribution is 0.434. The predicted octanol–water partition coefficient (Wildman–Crippen LogP) is 2.48. The Morgan fingerprint density at radius 2 is 1.12 bits per heavy atom. The minimum atomic E-state index is 0. The number of hydrogen-bond donors (Lipinski definition) is 0. The minimum absolute atomic E-state index is 0. The van der Waals surface area contributed by atoms with Gasteiger partial charge in [0, 0.05) is 0 Å². The summed E-state index contributed by atoms with van der Waals surface area (Å²) in [6.45, 7) is 3.26. The Labute approximate surface area is 55.7 Å². The van der Waals surface area contributed by atoms with Crippen LogP contribution in [0.3, 0.4) is 0 Å². The third-order valence-electron chi connectivity index (χ3n) is 0.632. The molecule has 0 bridgehead atoms. The first-order valence-corrected chi connectivity index (χ1v) is 1.92. The fourth-order valence-electron chi connectivity index (χ4n) is 0. The highest BCUT2D eigenvalue weighted by molar-refractivity contribution is 4.25. The van der Waals surface area contributed by atoms with Crippen LogP contribution in [0.4, 0.5) is 0 Å². The van der Waals surface area contributed by atoms with E-state index < -0.39 is 0 Å². The van der Waals surface area contributed by atoms with Gasteiger partial charge in [-0.1, -0.05) is 29.2 Å². The zero-order valence-electron chi connectivity index (χ0n) is 4.15. The molecule has 0 rings (SSSR count). The van der Waals surface area contributed by atoms with Crippen LogP contribution in [0.15, 0.2) is 0 Å². The van der Waals surface area contributed by atoms with E-state index in [1.165, 1.54) is 0 Å². The van der Waals surface area contributed by atoms with Gasteiger partial charge in [-0.25, -0.2) is 0 Å². The monoisotopic (exact) mass is 121 g/mol. The lowest BCUT2D eigenvalue weighted by atomic mass is 10.7. The van der Waals surface area contributed by atoms with Crippen LogP contribution in [0.25, 0.3) is 0 Å². The summed E-state index contributed by atoms with van der Waals surface area (Å²) in [6, 6.07) is 0. The van der Waals surface area contributed by atoms with E-state index in [0.717, 1.165) is 6.54 Å². The molecular weight excluding hydrogens is 98.1 g/mol. The van der Waals surface area contributed by atoms with E-state index in [0.29, 0.717) is 0 Å². The Morgan fingerprint density at radius 3 is 1.12 bits per heavy atom. The van der Waals surface area contributed by atoms with Gasteiger partial charge >= 0.3 is 0 Å². The highest BCUT2D eigenvalue weighted by Crippen LogP contribution is 1.63. The molecule has 0 heterocycles. The standard InChI is InChI=1S/C4H11N.3CH4/c1-4-5(2)3;;;/h4H2,1-3H3;3*1H4. The third-order valence-corrected chi connectivity index (χ3v) is 0.632. The van der Waals surface area contributed by atoms with Gasteiger partial charge in [0.25, 0.3) is 0 Å². The van der Waals surface area contributed by atoms with Crippen molar-refractivity contribution in [2.75, 3.05) is 20.6 Å². The van der Waals surface area contributed by atoms with Crippen LogP contribution in [-0.4, -0.2) is 25.5 Å². The molecule has 0 aromatic carbocycles. The summed E-state index contributed by atoms with van der Waals surface area (Å²) in [4.78, 5) is 2.12. The van der Waals surface area contributed by atoms with Gasteiger partial charge in [-0.05, 0) is 20.6 Å². The number of hydrogen-bond acceptors (Lipinski definition) is 1. The van der Waals surface area contributed by atoms with Gasteiger partial charge in [-0.15, -0.1) is 0 Å². The average Bonchev–Trinajstić information content (AvgIpc) is 1.38. The highest BCUT2D eigenvalue weighted by Gasteiger charge is 1.72. The summed E-state index contributed by atoms with van der Waals surface area (Å²) in [5.74, 6) is 0. The smallest absolute Gasteiger partial charge is 0.00533 e. The summed E-state index contributed by atoms with van der Waals surface area (Å²) in [5.41, 5.74) is 0. The van der Waals surface area contributed by atoms with Crippen molar-refractivity contribution in [1.82, 2.24) is 4.90 Å². The van der Waals surface area contributed by atoms with Crippen molar-refractivity contribution in [3.8, 4) is 0 Å². The van der Waals surface area contributed by atoms with E-state index >= 15 is 0 Å². The first kappa shape index (κ1) is 24.6. The summed E-state index contributed by atoms with van der Waals surface area (Å²) in [7, 11) is 4.11. The molecule has 0 saturated heterocycles. The molecule has 1 nitrogen and oxygen atoms in total. The minimum Gasteiger partial charge on any atom is -0.310 e. The zero-order valence-corrected chi connectivity index (χ0v) is 4.15. The Hall–Kier alpha value is -0.0400. The molecule has 0 spiro atoms. The normalized spacial score (nSPS) is 6.00. The molecule has 0 aromatic heterocycles. The van der Waals surface area contributed by atoms with Crippen molar-refractivity contribution in [3.05, 3.63) is 0 Å². The maximum Gasteiger partial charge on any atom is -0.00533 e. The van der Waals surface area contributed by atoms with E-state index in [1.54, 1.807) is 0 Å². The van der Waals surface area contributed by atoms with Crippen LogP contribution in [0.2, 0.25) is 0 Å². The van der Waals surface area contributed by atoms with Crippen LogP contribution in [-0.2, 0) is 0 Å². The lowest BCUT2D eigenvalue weighted by Gasteiger charge is -2.00. The van der Waals surface area contributed by atoms with Gasteiger partial charge in [0.05, 0.1) is 0 Å². The molecule has 0 saturated carbocycles. The summed E-state index contributed by atoms with van der Waals surface area (Å²) < 4.78 is 0. The fraction of sp³-hybridized carbons (Fsp3) is 1.00. The van der Waals surface area contributed by atoms with Crippen LogP contribution >= 0.6 is 0 Å². The van der Waals surface area contributed by atoms with Gasteiger partial charge < -0.3 is 4.90 Å². The summed E-state index contributed by atoms with van der Waals surface area (Å²) >= 11 is 0. The molecular formula is C7H23N. The molecule has 0 aliphatic heterocycles. The summed E-state index contributed by atoms with van der Waals surface area (Å²) in [6.07, 6.45) is 0. The molecule has 0 radical (unpaired) electrons. The van der Waals surface area contributed by atoms with Crippen molar-refractivity contribution >= 4 is 0 Å². The third kappa shape index (κ3) is 38.2. The van der Waals surface area contributed by atoms with E-state index in [2.05, 4.69) is 25.9 Å². The van der Waals surface area contributed by atoms with E-state index in [-0.39, 0.29) is 22.3 Å². The van der Waals surface area contributed by atoms with Gasteiger partial charge in [-0.2, -0.15) is 0 Å². The molecule has 0 aliphatic carbocycles. The Balaban J connectivity index is -0.0000000267. The van der Waals surface area contributed by atoms with Crippen molar-refractivity contribution in [2.24, 2.45) is 0 Å². The van der Waals surface area contributed by atoms with E-state index in [1.807, 2.05) is 0 Å². The van der Waals surface area contributed by atoms with Gasteiger partial charge in [0.2, 0.25) is 0 Å².